The van der Waals surface area contributed by atoms with Gasteiger partial charge in [0.05, 0.1) is 18.1 Å². The lowest BCUT2D eigenvalue weighted by molar-refractivity contribution is -0.115. The summed E-state index contributed by atoms with van der Waals surface area (Å²) in [4.78, 5) is 12.2. The van der Waals surface area contributed by atoms with Gasteiger partial charge in [-0.25, -0.2) is 0 Å². The molecule has 1 aromatic rings. The summed E-state index contributed by atoms with van der Waals surface area (Å²) in [6.45, 7) is 9.16. The lowest BCUT2D eigenvalue weighted by atomic mass is 10.0. The van der Waals surface area contributed by atoms with E-state index in [1.165, 1.54) is 11.8 Å². The monoisotopic (exact) mass is 389 g/mol. The lowest BCUT2D eigenvalue weighted by Gasteiger charge is -2.17. The van der Waals surface area contributed by atoms with E-state index in [4.69, 9.17) is 21.7 Å². The van der Waals surface area contributed by atoms with Crippen molar-refractivity contribution >= 4 is 40.3 Å². The van der Waals surface area contributed by atoms with Crippen LogP contribution < -0.4 is 14.8 Å². The maximum Gasteiger partial charge on any atom is 0.263 e. The van der Waals surface area contributed by atoms with E-state index >= 15 is 0 Å². The Morgan fingerprint density at radius 2 is 1.81 bits per heavy atom. The van der Waals surface area contributed by atoms with Gasteiger partial charge in [-0.15, -0.1) is 0 Å². The molecule has 0 saturated carbocycles. The molecular formula is C20H23NO3S2. The Hall–Kier alpha value is -2.05. The van der Waals surface area contributed by atoms with Crippen molar-refractivity contribution in [3.63, 3.8) is 0 Å². The molecule has 26 heavy (non-hydrogen) atoms. The quantitative estimate of drug-likeness (QED) is 0.416. The molecule has 4 nitrogen and oxygen atoms in total. The second kappa shape index (κ2) is 9.59. The molecule has 1 heterocycles. The van der Waals surface area contributed by atoms with Crippen molar-refractivity contribution in [2.45, 2.75) is 27.7 Å². The molecule has 6 heteroatoms. The SMILES string of the molecule is CCOc1c(C)cc(C=CC=CC=C2SC(=S)NC2=O)c(C)c1OCC. The Kier molecular flexibility index (Phi) is 7.48. The minimum Gasteiger partial charge on any atom is -0.490 e. The second-order valence-corrected chi connectivity index (χ2v) is 7.27. The van der Waals surface area contributed by atoms with E-state index in [1.54, 1.807) is 6.08 Å². The fourth-order valence-corrected chi connectivity index (χ4v) is 3.50. The summed E-state index contributed by atoms with van der Waals surface area (Å²) >= 11 is 6.23. The summed E-state index contributed by atoms with van der Waals surface area (Å²) in [5, 5.41) is 2.59. The van der Waals surface area contributed by atoms with Gasteiger partial charge in [0, 0.05) is 5.56 Å². The predicted octanol–water partition coefficient (Wildman–Crippen LogP) is 4.70. The van der Waals surface area contributed by atoms with Crippen LogP contribution in [0.25, 0.3) is 6.08 Å². The number of rotatable bonds is 7. The smallest absolute Gasteiger partial charge is 0.263 e. The number of hydrogen-bond acceptors (Lipinski definition) is 5. The van der Waals surface area contributed by atoms with Crippen molar-refractivity contribution in [2.24, 2.45) is 0 Å². The summed E-state index contributed by atoms with van der Waals surface area (Å²) in [6.07, 6.45) is 9.42. The molecule has 0 aromatic heterocycles. The first kappa shape index (κ1) is 20.3. The van der Waals surface area contributed by atoms with Crippen LogP contribution in [0.5, 0.6) is 11.5 Å². The van der Waals surface area contributed by atoms with Crippen molar-refractivity contribution in [3.8, 4) is 11.5 Å². The third-order valence-electron chi connectivity index (χ3n) is 3.67. The van der Waals surface area contributed by atoms with E-state index in [9.17, 15) is 4.79 Å². The maximum absolute atomic E-state index is 11.6. The first-order chi connectivity index (χ1) is 12.5. The number of carbonyl (C=O) groups is 1. The molecule has 1 aromatic carbocycles. The predicted molar refractivity (Wildman–Crippen MR) is 113 cm³/mol. The van der Waals surface area contributed by atoms with Crippen molar-refractivity contribution in [3.05, 3.63) is 52.0 Å². The van der Waals surface area contributed by atoms with Gasteiger partial charge in [-0.3, -0.25) is 4.79 Å². The molecule has 1 aliphatic rings. The Labute approximate surface area is 164 Å². The largest absolute Gasteiger partial charge is 0.490 e. The number of thiocarbonyl (C=S) groups is 1. The van der Waals surface area contributed by atoms with Crippen LogP contribution in [0.15, 0.2) is 35.3 Å². The molecule has 0 atom stereocenters. The van der Waals surface area contributed by atoms with Gasteiger partial charge < -0.3 is 14.8 Å². The first-order valence-electron chi connectivity index (χ1n) is 8.45. The van der Waals surface area contributed by atoms with Crippen LogP contribution in [0.2, 0.25) is 0 Å². The van der Waals surface area contributed by atoms with Crippen LogP contribution in [0.4, 0.5) is 0 Å². The normalized spacial score (nSPS) is 16.1. The van der Waals surface area contributed by atoms with E-state index in [1.807, 2.05) is 52.0 Å². The van der Waals surface area contributed by atoms with E-state index < -0.39 is 0 Å². The van der Waals surface area contributed by atoms with Crippen LogP contribution in [0.3, 0.4) is 0 Å². The first-order valence-corrected chi connectivity index (χ1v) is 9.68. The number of aryl methyl sites for hydroxylation is 1. The van der Waals surface area contributed by atoms with Crippen LogP contribution in [0, 0.1) is 13.8 Å². The number of allylic oxidation sites excluding steroid dienone is 4. The van der Waals surface area contributed by atoms with E-state index in [-0.39, 0.29) is 5.91 Å². The van der Waals surface area contributed by atoms with Gasteiger partial charge in [-0.2, -0.15) is 0 Å². The molecule has 0 spiro atoms. The molecular weight excluding hydrogens is 366 g/mol. The molecule has 0 unspecified atom stereocenters. The summed E-state index contributed by atoms with van der Waals surface area (Å²) in [6, 6.07) is 2.09. The molecule has 1 amide bonds. The Bertz CT molecular complexity index is 795. The van der Waals surface area contributed by atoms with E-state index in [0.717, 1.165) is 28.2 Å². The van der Waals surface area contributed by atoms with Crippen LogP contribution in [-0.2, 0) is 4.79 Å². The van der Waals surface area contributed by atoms with Crippen molar-refractivity contribution in [2.75, 3.05) is 13.2 Å². The molecule has 0 aliphatic carbocycles. The summed E-state index contributed by atoms with van der Waals surface area (Å²) in [5.74, 6) is 1.46. The number of hydrogen-bond donors (Lipinski definition) is 1. The molecule has 2 rings (SSSR count). The summed E-state index contributed by atoms with van der Waals surface area (Å²) in [5.41, 5.74) is 3.15. The van der Waals surface area contributed by atoms with Crippen LogP contribution >= 0.6 is 24.0 Å². The minimum atomic E-state index is -0.145. The molecule has 1 saturated heterocycles. The molecule has 1 aliphatic heterocycles. The number of carbonyl (C=O) groups excluding carboxylic acids is 1. The van der Waals surface area contributed by atoms with Crippen molar-refractivity contribution < 1.29 is 14.3 Å². The third kappa shape index (κ3) is 4.99. The summed E-state index contributed by atoms with van der Waals surface area (Å²) in [7, 11) is 0. The van der Waals surface area contributed by atoms with Gasteiger partial charge in [-0.1, -0.05) is 48.3 Å². The van der Waals surface area contributed by atoms with Gasteiger partial charge in [0.2, 0.25) is 0 Å². The standard InChI is InChI=1S/C20H23NO3S2/c1-5-23-17-13(3)12-15(14(4)18(17)24-6-2)10-8-7-9-11-16-19(22)21-20(25)26-16/h7-12H,5-6H2,1-4H3,(H,21,22,25). The number of thioether (sulfide) groups is 1. The highest BCUT2D eigenvalue weighted by Crippen LogP contribution is 2.37. The van der Waals surface area contributed by atoms with E-state index in [2.05, 4.69) is 11.4 Å². The number of ether oxygens (including phenoxy) is 2. The highest BCUT2D eigenvalue weighted by atomic mass is 32.2. The van der Waals surface area contributed by atoms with Crippen LogP contribution in [0.1, 0.15) is 30.5 Å². The Balaban J connectivity index is 2.19. The van der Waals surface area contributed by atoms with Gasteiger partial charge in [0.15, 0.2) is 11.5 Å². The zero-order chi connectivity index (χ0) is 19.1. The van der Waals surface area contributed by atoms with Crippen molar-refractivity contribution in [1.29, 1.82) is 0 Å². The minimum absolute atomic E-state index is 0.145. The Morgan fingerprint density at radius 3 is 2.42 bits per heavy atom. The zero-order valence-corrected chi connectivity index (χ0v) is 17.1. The highest BCUT2D eigenvalue weighted by molar-refractivity contribution is 8.26. The fraction of sp³-hybridized carbons (Fsp3) is 0.300. The van der Waals surface area contributed by atoms with Gasteiger partial charge in [0.25, 0.3) is 5.91 Å². The lowest BCUT2D eigenvalue weighted by Crippen LogP contribution is -2.17. The fourth-order valence-electron chi connectivity index (χ4n) is 2.50. The second-order valence-electron chi connectivity index (χ2n) is 5.55. The average molecular weight is 390 g/mol. The number of amides is 1. The van der Waals surface area contributed by atoms with Crippen molar-refractivity contribution in [1.82, 2.24) is 5.32 Å². The molecule has 0 bridgehead atoms. The Morgan fingerprint density at radius 1 is 1.12 bits per heavy atom. The van der Waals surface area contributed by atoms with Gasteiger partial charge >= 0.3 is 0 Å². The topological polar surface area (TPSA) is 47.6 Å². The molecule has 1 N–H and O–H groups in total. The number of nitrogens with one attached hydrogen (secondary N) is 1. The molecule has 0 radical (unpaired) electrons. The highest BCUT2D eigenvalue weighted by Gasteiger charge is 2.20. The number of benzene rings is 1. The maximum atomic E-state index is 11.6. The summed E-state index contributed by atoms with van der Waals surface area (Å²) < 4.78 is 12.1. The van der Waals surface area contributed by atoms with Crippen LogP contribution in [-0.4, -0.2) is 23.4 Å². The van der Waals surface area contributed by atoms with Gasteiger partial charge in [-0.05, 0) is 51.0 Å². The molecule has 138 valence electrons. The molecule has 1 fully saturated rings. The average Bonchev–Trinajstić information content (AvgIpc) is 2.92. The zero-order valence-electron chi connectivity index (χ0n) is 15.4. The third-order valence-corrected chi connectivity index (χ3v) is 4.86. The van der Waals surface area contributed by atoms with Gasteiger partial charge in [0.1, 0.15) is 4.32 Å². The van der Waals surface area contributed by atoms with E-state index in [0.29, 0.717) is 22.4 Å².